The van der Waals surface area contributed by atoms with Gasteiger partial charge in [0.05, 0.1) is 24.4 Å². The van der Waals surface area contributed by atoms with Crippen molar-refractivity contribution in [2.45, 2.75) is 25.9 Å². The van der Waals surface area contributed by atoms with Gasteiger partial charge in [0.15, 0.2) is 11.5 Å². The van der Waals surface area contributed by atoms with Crippen LogP contribution in [0, 0.1) is 0 Å². The standard InChI is InChI=1S/C13H16BrNO3/c1-4-8-7-11(15-18-8)9-5-6-10(14)13(17-3)12(9)16-2/h5-6,8H,4,7H2,1-3H3. The fourth-order valence-electron chi connectivity index (χ4n) is 1.97. The third kappa shape index (κ3) is 2.32. The van der Waals surface area contributed by atoms with Crippen molar-refractivity contribution < 1.29 is 14.3 Å². The monoisotopic (exact) mass is 313 g/mol. The summed E-state index contributed by atoms with van der Waals surface area (Å²) in [5, 5.41) is 4.14. The Hall–Kier alpha value is -1.23. The Labute approximate surface area is 115 Å². The van der Waals surface area contributed by atoms with E-state index in [1.165, 1.54) is 0 Å². The van der Waals surface area contributed by atoms with E-state index in [9.17, 15) is 0 Å². The molecule has 1 atom stereocenters. The first-order valence-corrected chi connectivity index (χ1v) is 6.64. The molecule has 0 saturated heterocycles. The summed E-state index contributed by atoms with van der Waals surface area (Å²) < 4.78 is 11.6. The molecule has 5 heteroatoms. The lowest BCUT2D eigenvalue weighted by atomic mass is 10.0. The number of methoxy groups -OCH3 is 2. The van der Waals surface area contributed by atoms with Gasteiger partial charge in [-0.05, 0) is 34.5 Å². The van der Waals surface area contributed by atoms with Crippen LogP contribution in [0.15, 0.2) is 21.8 Å². The second kappa shape index (κ2) is 5.61. The van der Waals surface area contributed by atoms with E-state index < -0.39 is 0 Å². The number of oxime groups is 1. The van der Waals surface area contributed by atoms with E-state index in [1.807, 2.05) is 12.1 Å². The predicted octanol–water partition coefficient (Wildman–Crippen LogP) is 3.37. The zero-order chi connectivity index (χ0) is 13.1. The van der Waals surface area contributed by atoms with E-state index in [4.69, 9.17) is 14.3 Å². The first kappa shape index (κ1) is 13.2. The van der Waals surface area contributed by atoms with Gasteiger partial charge < -0.3 is 14.3 Å². The van der Waals surface area contributed by atoms with Gasteiger partial charge in [0.25, 0.3) is 0 Å². The summed E-state index contributed by atoms with van der Waals surface area (Å²) in [6, 6.07) is 3.89. The van der Waals surface area contributed by atoms with Gasteiger partial charge in [-0.2, -0.15) is 0 Å². The summed E-state index contributed by atoms with van der Waals surface area (Å²) in [5.41, 5.74) is 1.83. The molecule has 1 aliphatic rings. The zero-order valence-corrected chi connectivity index (χ0v) is 12.3. The lowest BCUT2D eigenvalue weighted by Gasteiger charge is -2.13. The van der Waals surface area contributed by atoms with E-state index in [2.05, 4.69) is 28.0 Å². The molecule has 0 bridgehead atoms. The van der Waals surface area contributed by atoms with E-state index in [1.54, 1.807) is 14.2 Å². The van der Waals surface area contributed by atoms with Crippen LogP contribution in [-0.4, -0.2) is 26.0 Å². The number of ether oxygens (including phenoxy) is 2. The maximum absolute atomic E-state index is 5.44. The van der Waals surface area contributed by atoms with Crippen LogP contribution >= 0.6 is 15.9 Å². The summed E-state index contributed by atoms with van der Waals surface area (Å²) in [6.45, 7) is 2.09. The van der Waals surface area contributed by atoms with Gasteiger partial charge in [-0.1, -0.05) is 12.1 Å². The molecule has 0 radical (unpaired) electrons. The Morgan fingerprint density at radius 2 is 2.06 bits per heavy atom. The average molecular weight is 314 g/mol. The largest absolute Gasteiger partial charge is 0.492 e. The molecule has 1 aromatic rings. The first-order chi connectivity index (χ1) is 8.71. The molecule has 0 aromatic heterocycles. The molecule has 4 nitrogen and oxygen atoms in total. The highest BCUT2D eigenvalue weighted by Crippen LogP contribution is 2.39. The second-order valence-electron chi connectivity index (χ2n) is 4.04. The maximum atomic E-state index is 5.44. The minimum absolute atomic E-state index is 0.166. The molecule has 1 unspecified atom stereocenters. The molecule has 0 fully saturated rings. The minimum atomic E-state index is 0.166. The Morgan fingerprint density at radius 1 is 1.33 bits per heavy atom. The van der Waals surface area contributed by atoms with Crippen LogP contribution in [0.25, 0.3) is 0 Å². The Kier molecular flexibility index (Phi) is 4.11. The zero-order valence-electron chi connectivity index (χ0n) is 10.7. The molecule has 0 N–H and O–H groups in total. The number of hydrogen-bond acceptors (Lipinski definition) is 4. The third-order valence-corrected chi connectivity index (χ3v) is 3.60. The van der Waals surface area contributed by atoms with E-state index in [0.717, 1.165) is 28.6 Å². The minimum Gasteiger partial charge on any atom is -0.492 e. The van der Waals surface area contributed by atoms with Crippen LogP contribution in [0.4, 0.5) is 0 Å². The molecule has 18 heavy (non-hydrogen) atoms. The molecule has 1 aromatic carbocycles. The first-order valence-electron chi connectivity index (χ1n) is 5.84. The molecule has 2 rings (SSSR count). The summed E-state index contributed by atoms with van der Waals surface area (Å²) in [6.07, 6.45) is 1.92. The Bertz CT molecular complexity index is 474. The molecule has 1 aliphatic heterocycles. The van der Waals surface area contributed by atoms with Gasteiger partial charge >= 0.3 is 0 Å². The maximum Gasteiger partial charge on any atom is 0.175 e. The normalized spacial score (nSPS) is 18.2. The van der Waals surface area contributed by atoms with Crippen LogP contribution in [0.2, 0.25) is 0 Å². The number of rotatable bonds is 4. The number of nitrogens with zero attached hydrogens (tertiary/aromatic N) is 1. The lowest BCUT2D eigenvalue weighted by molar-refractivity contribution is 0.0829. The Balaban J connectivity index is 2.40. The molecule has 1 heterocycles. The summed E-state index contributed by atoms with van der Waals surface area (Å²) in [5.74, 6) is 1.36. The third-order valence-electron chi connectivity index (χ3n) is 2.97. The molecular weight excluding hydrogens is 298 g/mol. The molecule has 0 saturated carbocycles. The van der Waals surface area contributed by atoms with Crippen molar-refractivity contribution in [2.75, 3.05) is 14.2 Å². The van der Waals surface area contributed by atoms with Gasteiger partial charge in [-0.25, -0.2) is 0 Å². The summed E-state index contributed by atoms with van der Waals surface area (Å²) >= 11 is 3.44. The lowest BCUT2D eigenvalue weighted by Crippen LogP contribution is -2.08. The van der Waals surface area contributed by atoms with E-state index in [-0.39, 0.29) is 6.10 Å². The van der Waals surface area contributed by atoms with E-state index in [0.29, 0.717) is 11.5 Å². The fraction of sp³-hybridized carbons (Fsp3) is 0.462. The van der Waals surface area contributed by atoms with Crippen LogP contribution in [0.3, 0.4) is 0 Å². The topological polar surface area (TPSA) is 40.0 Å². The van der Waals surface area contributed by atoms with Gasteiger partial charge in [0.2, 0.25) is 0 Å². The number of benzene rings is 1. The van der Waals surface area contributed by atoms with Crippen molar-refractivity contribution in [1.82, 2.24) is 0 Å². The van der Waals surface area contributed by atoms with Gasteiger partial charge in [-0.3, -0.25) is 0 Å². The SMILES string of the molecule is CCC1CC(c2ccc(Br)c(OC)c2OC)=NO1. The van der Waals surface area contributed by atoms with Crippen LogP contribution in [0.1, 0.15) is 25.3 Å². The fourth-order valence-corrected chi connectivity index (χ4v) is 2.44. The van der Waals surface area contributed by atoms with Gasteiger partial charge in [-0.15, -0.1) is 0 Å². The predicted molar refractivity (Wildman–Crippen MR) is 73.6 cm³/mol. The number of halogens is 1. The smallest absolute Gasteiger partial charge is 0.175 e. The van der Waals surface area contributed by atoms with Crippen LogP contribution in [0.5, 0.6) is 11.5 Å². The molecule has 98 valence electrons. The average Bonchev–Trinajstić information content (AvgIpc) is 2.86. The highest BCUT2D eigenvalue weighted by Gasteiger charge is 2.25. The van der Waals surface area contributed by atoms with Crippen LogP contribution in [-0.2, 0) is 4.84 Å². The molecule has 0 amide bonds. The summed E-state index contributed by atoms with van der Waals surface area (Å²) in [7, 11) is 3.25. The van der Waals surface area contributed by atoms with Gasteiger partial charge in [0.1, 0.15) is 6.10 Å². The molecular formula is C13H16BrNO3. The van der Waals surface area contributed by atoms with Gasteiger partial charge in [0, 0.05) is 12.0 Å². The quantitative estimate of drug-likeness (QED) is 0.855. The highest BCUT2D eigenvalue weighted by molar-refractivity contribution is 9.10. The van der Waals surface area contributed by atoms with Crippen molar-refractivity contribution in [2.24, 2.45) is 5.16 Å². The van der Waals surface area contributed by atoms with Crippen molar-refractivity contribution in [3.8, 4) is 11.5 Å². The van der Waals surface area contributed by atoms with Crippen molar-refractivity contribution in [3.05, 3.63) is 22.2 Å². The van der Waals surface area contributed by atoms with E-state index >= 15 is 0 Å². The van der Waals surface area contributed by atoms with Crippen LogP contribution < -0.4 is 9.47 Å². The Morgan fingerprint density at radius 3 is 2.61 bits per heavy atom. The highest BCUT2D eigenvalue weighted by atomic mass is 79.9. The molecule has 0 aliphatic carbocycles. The number of hydrogen-bond donors (Lipinski definition) is 0. The van der Waals surface area contributed by atoms with Crippen molar-refractivity contribution >= 4 is 21.6 Å². The van der Waals surface area contributed by atoms with Crippen molar-refractivity contribution in [1.29, 1.82) is 0 Å². The second-order valence-corrected chi connectivity index (χ2v) is 4.89. The molecule has 0 spiro atoms. The van der Waals surface area contributed by atoms with Crippen molar-refractivity contribution in [3.63, 3.8) is 0 Å². The summed E-state index contributed by atoms with van der Waals surface area (Å²) in [4.78, 5) is 5.35.